The fraction of sp³-hybridized carbons (Fsp3) is 0.375. The molecule has 6 nitrogen and oxygen atoms in total. The van der Waals surface area contributed by atoms with Gasteiger partial charge in [-0.1, -0.05) is 52.4 Å². The van der Waals surface area contributed by atoms with E-state index in [1.807, 2.05) is 12.1 Å². The second kappa shape index (κ2) is 16.1. The number of esters is 1. The first kappa shape index (κ1) is 28.8. The monoisotopic (exact) mass is 517 g/mol. The van der Waals surface area contributed by atoms with Crippen LogP contribution in [0.2, 0.25) is 0 Å². The molecule has 0 aliphatic heterocycles. The molecule has 0 fully saturated rings. The summed E-state index contributed by atoms with van der Waals surface area (Å²) in [6.07, 6.45) is 9.37. The van der Waals surface area contributed by atoms with Crippen LogP contribution in [0.4, 0.5) is 5.69 Å². The molecule has 0 aromatic heterocycles. The fourth-order valence-corrected chi connectivity index (χ4v) is 3.77. The van der Waals surface area contributed by atoms with Gasteiger partial charge in [0.15, 0.2) is 0 Å². The fourth-order valence-electron chi connectivity index (χ4n) is 3.77. The number of carbonyl (C=O) groups is 2. The van der Waals surface area contributed by atoms with Crippen molar-refractivity contribution in [2.75, 3.05) is 18.5 Å². The van der Waals surface area contributed by atoms with E-state index in [2.05, 4.69) is 19.2 Å². The van der Waals surface area contributed by atoms with Crippen molar-refractivity contribution in [3.8, 4) is 17.2 Å². The zero-order chi connectivity index (χ0) is 27.0. The number of benzene rings is 3. The molecule has 6 heteroatoms. The molecule has 3 rings (SSSR count). The molecule has 0 aliphatic carbocycles. The summed E-state index contributed by atoms with van der Waals surface area (Å²) < 4.78 is 16.9. The van der Waals surface area contributed by atoms with Gasteiger partial charge in [0.1, 0.15) is 17.2 Å². The third-order valence-electron chi connectivity index (χ3n) is 6.06. The van der Waals surface area contributed by atoms with Gasteiger partial charge in [-0.3, -0.25) is 4.79 Å². The third-order valence-corrected chi connectivity index (χ3v) is 6.06. The lowest BCUT2D eigenvalue weighted by Crippen LogP contribution is -2.12. The standard InChI is InChI=1S/C32H39NO5/c1-3-5-7-8-9-10-24-37-28-17-13-25(14-18-28)31(34)33-27-15-11-26(12-16-27)32(35)38-30-21-19-29(20-22-30)36-23-6-4-2/h11-22H,3-10,23-24H2,1-2H3,(H,33,34). The van der Waals surface area contributed by atoms with E-state index in [1.165, 1.54) is 32.1 Å². The number of nitrogens with one attached hydrogen (secondary N) is 1. The molecule has 0 heterocycles. The molecule has 0 aliphatic rings. The molecule has 0 saturated carbocycles. The first-order valence-corrected chi connectivity index (χ1v) is 13.7. The molecule has 3 aromatic rings. The van der Waals surface area contributed by atoms with Gasteiger partial charge in [-0.05, 0) is 85.6 Å². The Kier molecular flexibility index (Phi) is 12.2. The van der Waals surface area contributed by atoms with Crippen LogP contribution in [0.1, 0.15) is 85.9 Å². The van der Waals surface area contributed by atoms with E-state index in [9.17, 15) is 9.59 Å². The summed E-state index contributed by atoms with van der Waals surface area (Å²) in [4.78, 5) is 25.1. The normalized spacial score (nSPS) is 10.6. The summed E-state index contributed by atoms with van der Waals surface area (Å²) >= 11 is 0. The molecular weight excluding hydrogens is 478 g/mol. The first-order valence-electron chi connectivity index (χ1n) is 13.7. The average molecular weight is 518 g/mol. The van der Waals surface area contributed by atoms with Crippen LogP contribution in [0.5, 0.6) is 17.2 Å². The van der Waals surface area contributed by atoms with E-state index in [1.54, 1.807) is 60.7 Å². The number of hydrogen-bond acceptors (Lipinski definition) is 5. The van der Waals surface area contributed by atoms with E-state index in [-0.39, 0.29) is 5.91 Å². The minimum absolute atomic E-state index is 0.232. The molecule has 38 heavy (non-hydrogen) atoms. The van der Waals surface area contributed by atoms with Gasteiger partial charge in [0.2, 0.25) is 0 Å². The molecule has 0 radical (unpaired) electrons. The summed E-state index contributed by atoms with van der Waals surface area (Å²) in [7, 11) is 0. The van der Waals surface area contributed by atoms with E-state index >= 15 is 0 Å². The van der Waals surface area contributed by atoms with Crippen LogP contribution in [0.3, 0.4) is 0 Å². The maximum absolute atomic E-state index is 12.6. The zero-order valence-electron chi connectivity index (χ0n) is 22.5. The summed E-state index contributed by atoms with van der Waals surface area (Å²) in [5, 5.41) is 2.85. The van der Waals surface area contributed by atoms with Gasteiger partial charge < -0.3 is 19.5 Å². The first-order chi connectivity index (χ1) is 18.6. The minimum Gasteiger partial charge on any atom is -0.494 e. The zero-order valence-corrected chi connectivity index (χ0v) is 22.5. The van der Waals surface area contributed by atoms with Gasteiger partial charge in [-0.15, -0.1) is 0 Å². The molecule has 0 unspecified atom stereocenters. The van der Waals surface area contributed by atoms with E-state index in [0.29, 0.717) is 35.8 Å². The van der Waals surface area contributed by atoms with Gasteiger partial charge in [0.25, 0.3) is 5.91 Å². The number of amides is 1. The SMILES string of the molecule is CCCCCCCCOc1ccc(C(=O)Nc2ccc(C(=O)Oc3ccc(OCCCC)cc3)cc2)cc1. The smallest absolute Gasteiger partial charge is 0.343 e. The summed E-state index contributed by atoms with van der Waals surface area (Å²) in [5.41, 5.74) is 1.50. The van der Waals surface area contributed by atoms with E-state index in [0.717, 1.165) is 30.8 Å². The highest BCUT2D eigenvalue weighted by atomic mass is 16.5. The molecule has 0 bridgehead atoms. The molecule has 1 amide bonds. The predicted molar refractivity (Wildman–Crippen MR) is 152 cm³/mol. The van der Waals surface area contributed by atoms with Gasteiger partial charge in [-0.2, -0.15) is 0 Å². The molecule has 0 atom stereocenters. The van der Waals surface area contributed by atoms with Gasteiger partial charge in [-0.25, -0.2) is 4.79 Å². The van der Waals surface area contributed by atoms with E-state index in [4.69, 9.17) is 14.2 Å². The molecule has 1 N–H and O–H groups in total. The van der Waals surface area contributed by atoms with Crippen LogP contribution < -0.4 is 19.5 Å². The highest BCUT2D eigenvalue weighted by Crippen LogP contribution is 2.20. The van der Waals surface area contributed by atoms with Crippen LogP contribution in [-0.2, 0) is 0 Å². The summed E-state index contributed by atoms with van der Waals surface area (Å²) in [6, 6.07) is 20.7. The highest BCUT2D eigenvalue weighted by Gasteiger charge is 2.11. The summed E-state index contributed by atoms with van der Waals surface area (Å²) in [6.45, 7) is 5.68. The number of carbonyl (C=O) groups excluding carboxylic acids is 2. The Morgan fingerprint density at radius 1 is 0.579 bits per heavy atom. The summed E-state index contributed by atoms with van der Waals surface area (Å²) in [5.74, 6) is 1.24. The Hall–Kier alpha value is -3.80. The Morgan fingerprint density at radius 2 is 1.08 bits per heavy atom. The number of unbranched alkanes of at least 4 members (excludes halogenated alkanes) is 6. The predicted octanol–water partition coefficient (Wildman–Crippen LogP) is 8.08. The molecular formula is C32H39NO5. The Labute approximate surface area is 226 Å². The number of ether oxygens (including phenoxy) is 3. The van der Waals surface area contributed by atoms with Crippen LogP contribution in [0.25, 0.3) is 0 Å². The van der Waals surface area contributed by atoms with Crippen molar-refractivity contribution in [3.05, 3.63) is 83.9 Å². The van der Waals surface area contributed by atoms with Gasteiger partial charge in [0.05, 0.1) is 18.8 Å². The molecule has 0 saturated heterocycles. The van der Waals surface area contributed by atoms with Crippen LogP contribution in [-0.4, -0.2) is 25.1 Å². The molecule has 202 valence electrons. The van der Waals surface area contributed by atoms with Crippen LogP contribution in [0, 0.1) is 0 Å². The lowest BCUT2D eigenvalue weighted by Gasteiger charge is -2.09. The van der Waals surface area contributed by atoms with Crippen LogP contribution in [0.15, 0.2) is 72.8 Å². The van der Waals surface area contributed by atoms with Crippen molar-refractivity contribution < 1.29 is 23.8 Å². The average Bonchev–Trinajstić information content (AvgIpc) is 2.94. The second-order valence-corrected chi connectivity index (χ2v) is 9.24. The quantitative estimate of drug-likeness (QED) is 0.118. The molecule has 3 aromatic carbocycles. The number of hydrogen-bond donors (Lipinski definition) is 1. The maximum atomic E-state index is 12.6. The van der Waals surface area contributed by atoms with Crippen molar-refractivity contribution in [3.63, 3.8) is 0 Å². The Balaban J connectivity index is 1.43. The lowest BCUT2D eigenvalue weighted by molar-refractivity contribution is 0.0734. The molecule has 0 spiro atoms. The number of anilines is 1. The largest absolute Gasteiger partial charge is 0.494 e. The third kappa shape index (κ3) is 9.92. The van der Waals surface area contributed by atoms with Crippen molar-refractivity contribution in [2.24, 2.45) is 0 Å². The topological polar surface area (TPSA) is 73.9 Å². The number of rotatable bonds is 16. The minimum atomic E-state index is -0.473. The second-order valence-electron chi connectivity index (χ2n) is 9.24. The Bertz CT molecular complexity index is 1110. The van der Waals surface area contributed by atoms with Crippen molar-refractivity contribution in [1.29, 1.82) is 0 Å². The van der Waals surface area contributed by atoms with Crippen LogP contribution >= 0.6 is 0 Å². The van der Waals surface area contributed by atoms with Crippen molar-refractivity contribution >= 4 is 17.6 Å². The lowest BCUT2D eigenvalue weighted by atomic mass is 10.1. The van der Waals surface area contributed by atoms with Gasteiger partial charge >= 0.3 is 5.97 Å². The van der Waals surface area contributed by atoms with E-state index < -0.39 is 5.97 Å². The van der Waals surface area contributed by atoms with Crippen molar-refractivity contribution in [1.82, 2.24) is 0 Å². The van der Waals surface area contributed by atoms with Gasteiger partial charge in [0, 0.05) is 11.3 Å². The highest BCUT2D eigenvalue weighted by molar-refractivity contribution is 6.04. The maximum Gasteiger partial charge on any atom is 0.343 e. The Morgan fingerprint density at radius 3 is 1.71 bits per heavy atom. The van der Waals surface area contributed by atoms with Crippen molar-refractivity contribution in [2.45, 2.75) is 65.2 Å².